The second-order valence-corrected chi connectivity index (χ2v) is 39.3. The molecule has 0 amide bonds. The molecule has 5 aromatic rings. The quantitative estimate of drug-likeness (QED) is 0.168. The Balaban J connectivity index is 0.000000829. The van der Waals surface area contributed by atoms with E-state index < -0.39 is 0 Å². The van der Waals surface area contributed by atoms with Gasteiger partial charge >= 0.3 is 124 Å². The summed E-state index contributed by atoms with van der Waals surface area (Å²) in [6, 6.07) is 23.8. The fourth-order valence-corrected chi connectivity index (χ4v) is 3.41. The van der Waals surface area contributed by atoms with Crippen molar-refractivity contribution >= 4 is 74.5 Å². The molecule has 5 heterocycles. The Hall–Kier alpha value is 1.52. The van der Waals surface area contributed by atoms with Crippen LogP contribution in [0.15, 0.2) is 97.6 Å². The van der Waals surface area contributed by atoms with Crippen molar-refractivity contribution in [2.75, 3.05) is 0 Å². The molecule has 14 heteroatoms. The summed E-state index contributed by atoms with van der Waals surface area (Å²) in [5.74, 6) is 0. The van der Waals surface area contributed by atoms with Gasteiger partial charge in [0, 0.05) is 36.7 Å². The second-order valence-electron chi connectivity index (χ2n) is 6.84. The topological polar surface area (TPSA) is 82.3 Å². The molecular formula is C24H20I8N6. The Morgan fingerprint density at radius 3 is 1.18 bits per heavy atom. The number of hydrogen-bond acceptors (Lipinski definition) is 2. The maximum Gasteiger partial charge on any atom is 0.350 e. The Morgan fingerprint density at radius 1 is 0.500 bits per heavy atom. The first-order chi connectivity index (χ1) is 17.7. The van der Waals surface area contributed by atoms with Gasteiger partial charge in [0.15, 0.2) is 12.4 Å². The number of halogens is 8. The van der Waals surface area contributed by atoms with Crippen LogP contribution < -0.4 is 94.4 Å². The normalized spacial score (nSPS) is 9.58. The van der Waals surface area contributed by atoms with Gasteiger partial charge in [0.05, 0.1) is 0 Å². The van der Waals surface area contributed by atoms with Gasteiger partial charge in [-0.2, -0.15) is 9.97 Å². The van der Waals surface area contributed by atoms with Gasteiger partial charge in [-0.15, -0.1) is 0 Å². The first-order valence-corrected chi connectivity index (χ1v) is 35.4. The molecule has 0 aliphatic carbocycles. The molecule has 0 spiro atoms. The van der Waals surface area contributed by atoms with Gasteiger partial charge in [0.1, 0.15) is 11.4 Å². The van der Waals surface area contributed by atoms with Gasteiger partial charge in [-0.25, -0.2) is 19.9 Å². The minimum atomic E-state index is 0. The van der Waals surface area contributed by atoms with Crippen molar-refractivity contribution in [3.8, 4) is 45.6 Å². The summed E-state index contributed by atoms with van der Waals surface area (Å²) in [4.78, 5) is 23.1. The average molecular weight is 1410 g/mol. The predicted octanol–water partition coefficient (Wildman–Crippen LogP) is -6.04. The van der Waals surface area contributed by atoms with E-state index in [-0.39, 0.29) is 48.0 Å². The predicted molar refractivity (Wildman–Crippen MR) is 166 cm³/mol. The Bertz CT molecular complexity index is 1120. The van der Waals surface area contributed by atoms with Gasteiger partial charge in [0.25, 0.3) is 11.4 Å². The minimum absolute atomic E-state index is 0. The van der Waals surface area contributed by atoms with Gasteiger partial charge < -0.3 is 48.0 Å². The molecule has 6 nitrogen and oxygen atoms in total. The fourth-order valence-electron chi connectivity index (χ4n) is 3.41. The van der Waals surface area contributed by atoms with Crippen LogP contribution in [0.5, 0.6) is 0 Å². The zero-order valence-corrected chi connectivity index (χ0v) is 36.4. The third-order valence-corrected chi connectivity index (χ3v) is 4.80. The van der Waals surface area contributed by atoms with Gasteiger partial charge in [-0.1, -0.05) is 12.1 Å². The zero-order chi connectivity index (χ0) is 25.6. The number of nitrogens with zero attached hydrogens (tertiary/aromatic N) is 2. The molecule has 0 atom stereocenters. The number of pyridine rings is 4. The summed E-state index contributed by atoms with van der Waals surface area (Å²) in [7, 11) is 0. The van der Waals surface area contributed by atoms with Gasteiger partial charge in [-0.05, 0) is 36.4 Å². The summed E-state index contributed by atoms with van der Waals surface area (Å²) < 4.78 is 0. The Kier molecular flexibility index (Phi) is 21.8. The third kappa shape index (κ3) is 11.7. The van der Waals surface area contributed by atoms with Crippen LogP contribution in [0, 0.1) is 0 Å². The van der Waals surface area contributed by atoms with Crippen LogP contribution in [0.25, 0.3) is 45.6 Å². The first-order valence-electron chi connectivity index (χ1n) is 10.3. The van der Waals surface area contributed by atoms with E-state index in [0.29, 0.717) is 26.5 Å². The van der Waals surface area contributed by atoms with Crippen molar-refractivity contribution in [2.24, 2.45) is 0 Å². The largest absolute Gasteiger partial charge is 1.00 e. The van der Waals surface area contributed by atoms with E-state index in [1.54, 1.807) is 12.4 Å². The smallest absolute Gasteiger partial charge is 0.350 e. The van der Waals surface area contributed by atoms with Crippen molar-refractivity contribution in [1.29, 1.82) is 0 Å². The molecule has 4 N–H and O–H groups in total. The van der Waals surface area contributed by atoms with E-state index in [2.05, 4.69) is 104 Å². The van der Waals surface area contributed by atoms with Crippen LogP contribution in [0.2, 0.25) is 0 Å². The molecule has 0 radical (unpaired) electrons. The minimum Gasteiger partial charge on any atom is -1.00 e. The maximum absolute atomic E-state index is 4.58. The number of aromatic nitrogens is 6. The SMILES string of the molecule is I[I-]I.I[I-]I.[I-].[I-].c1ccc(-c2[nH+]c(-c3ccccn3)c(-c3cccc[nH+]3)[nH+]c2-c2cccc[nH+]2)nc1. The number of hydrogen-bond donors (Lipinski definition) is 0. The molecule has 5 aromatic heterocycles. The Morgan fingerprint density at radius 2 is 0.868 bits per heavy atom. The molecule has 0 fully saturated rings. The van der Waals surface area contributed by atoms with Crippen LogP contribution >= 0.6 is 74.5 Å². The summed E-state index contributed by atoms with van der Waals surface area (Å²) in [5.41, 5.74) is 7.11. The first kappa shape index (κ1) is 37.5. The summed E-state index contributed by atoms with van der Waals surface area (Å²) >= 11 is 10.6. The number of nitrogens with one attached hydrogen (secondary N) is 4. The summed E-state index contributed by atoms with van der Waals surface area (Å²) in [5, 5.41) is 0. The van der Waals surface area contributed by atoms with E-state index in [1.165, 1.54) is 0 Å². The third-order valence-electron chi connectivity index (χ3n) is 4.80. The van der Waals surface area contributed by atoms with E-state index in [4.69, 9.17) is 0 Å². The number of H-pyrrole nitrogens is 4. The fraction of sp³-hybridized carbons (Fsp3) is 0. The summed E-state index contributed by atoms with van der Waals surface area (Å²) in [6.07, 6.45) is 7.40. The molecule has 0 aliphatic heterocycles. The van der Waals surface area contributed by atoms with Crippen LogP contribution in [0.3, 0.4) is 0 Å². The molecule has 0 bridgehead atoms. The standard InChI is InChI=1S/C24H16N6.2I3.2HI/c1-5-13-25-17(9-1)21-22(18-10-2-6-14-26-18)30-24(20-12-4-8-16-28-20)23(29-21)19-11-3-7-15-27-19;2*1-3-2;;/h1-16H;;;2*1H/q;2*-1;;/p+2. The van der Waals surface area contributed by atoms with Gasteiger partial charge in [-0.3, -0.25) is 0 Å². The van der Waals surface area contributed by atoms with Crippen molar-refractivity contribution < 1.29 is 94.4 Å². The van der Waals surface area contributed by atoms with E-state index >= 15 is 0 Å². The van der Waals surface area contributed by atoms with Crippen molar-refractivity contribution in [1.82, 2.24) is 9.97 Å². The molecule has 0 aliphatic rings. The van der Waals surface area contributed by atoms with Crippen molar-refractivity contribution in [3.05, 3.63) is 97.6 Å². The Labute approximate surface area is 315 Å². The van der Waals surface area contributed by atoms with Crippen LogP contribution in [0.1, 0.15) is 0 Å². The van der Waals surface area contributed by atoms with Crippen molar-refractivity contribution in [2.45, 2.75) is 0 Å². The monoisotopic (exact) mass is 1410 g/mol. The van der Waals surface area contributed by atoms with E-state index in [1.807, 2.05) is 85.2 Å². The number of rotatable bonds is 4. The molecule has 0 aromatic carbocycles. The average Bonchev–Trinajstić information content (AvgIpc) is 2.95. The van der Waals surface area contributed by atoms with Crippen LogP contribution in [0.4, 0.5) is 0 Å². The summed E-state index contributed by atoms with van der Waals surface area (Å²) in [6.45, 7) is 0. The van der Waals surface area contributed by atoms with Crippen LogP contribution in [-0.4, -0.2) is 9.97 Å². The molecular weight excluding hydrogens is 1390 g/mol. The second kappa shape index (κ2) is 22.1. The molecule has 0 saturated heterocycles. The number of aromatic amines is 4. The zero-order valence-electron chi connectivity index (χ0n) is 19.2. The molecule has 5 rings (SSSR count). The molecule has 0 saturated carbocycles. The van der Waals surface area contributed by atoms with Crippen LogP contribution in [-0.2, 0) is 0 Å². The van der Waals surface area contributed by atoms with Crippen molar-refractivity contribution in [3.63, 3.8) is 0 Å². The van der Waals surface area contributed by atoms with Gasteiger partial charge in [0.2, 0.25) is 0 Å². The maximum atomic E-state index is 4.58. The molecule has 0 unspecified atom stereocenters. The van der Waals surface area contributed by atoms with E-state index in [0.717, 1.165) is 45.6 Å². The molecule has 38 heavy (non-hydrogen) atoms. The molecule has 202 valence electrons. The van der Waals surface area contributed by atoms with E-state index in [9.17, 15) is 0 Å².